The molecule has 1 aromatic rings. The molecule has 1 aliphatic rings. The maximum Gasteiger partial charge on any atom is 0.387 e. The van der Waals surface area contributed by atoms with E-state index >= 15 is 0 Å². The van der Waals surface area contributed by atoms with Gasteiger partial charge in [-0.15, -0.1) is 0 Å². The van der Waals surface area contributed by atoms with Crippen LogP contribution in [0.3, 0.4) is 0 Å². The Labute approximate surface area is 125 Å². The summed E-state index contributed by atoms with van der Waals surface area (Å²) >= 11 is 0. The summed E-state index contributed by atoms with van der Waals surface area (Å²) < 4.78 is 29.5. The van der Waals surface area contributed by atoms with Gasteiger partial charge in [0, 0.05) is 23.7 Å². The van der Waals surface area contributed by atoms with Gasteiger partial charge in [-0.1, -0.05) is 18.2 Å². The molecule has 1 heterocycles. The molecular weight excluding hydrogens is 274 g/mol. The van der Waals surface area contributed by atoms with E-state index in [0.29, 0.717) is 12.1 Å². The third kappa shape index (κ3) is 4.38. The molecule has 0 radical (unpaired) electrons. The maximum atomic E-state index is 12.5. The average Bonchev–Trinajstić information content (AvgIpc) is 2.43. The van der Waals surface area contributed by atoms with E-state index < -0.39 is 6.61 Å². The average molecular weight is 298 g/mol. The van der Waals surface area contributed by atoms with E-state index in [9.17, 15) is 8.78 Å². The number of hydrogen-bond donors (Lipinski definition) is 1. The largest absolute Gasteiger partial charge is 0.434 e. The molecule has 0 saturated carbocycles. The van der Waals surface area contributed by atoms with Crippen molar-refractivity contribution in [2.45, 2.75) is 51.4 Å². The minimum Gasteiger partial charge on any atom is -0.434 e. The smallest absolute Gasteiger partial charge is 0.387 e. The number of halogens is 2. The molecule has 1 aromatic carbocycles. The Kier molecular flexibility index (Phi) is 5.53. The summed E-state index contributed by atoms with van der Waals surface area (Å²) in [5.41, 5.74) is 0.782. The normalized spacial score (nSPS) is 25.0. The van der Waals surface area contributed by atoms with Gasteiger partial charge in [-0.25, -0.2) is 0 Å². The van der Waals surface area contributed by atoms with Gasteiger partial charge in [-0.2, -0.15) is 8.78 Å². The van der Waals surface area contributed by atoms with Gasteiger partial charge in [0.1, 0.15) is 5.75 Å². The monoisotopic (exact) mass is 298 g/mol. The Morgan fingerprint density at radius 2 is 2.05 bits per heavy atom. The second-order valence-corrected chi connectivity index (χ2v) is 5.86. The Hall–Kier alpha value is -1.20. The van der Waals surface area contributed by atoms with E-state index in [1.807, 2.05) is 19.1 Å². The third-order valence-corrected chi connectivity index (χ3v) is 4.30. The highest BCUT2D eigenvalue weighted by Gasteiger charge is 2.25. The highest BCUT2D eigenvalue weighted by atomic mass is 19.3. The number of benzene rings is 1. The van der Waals surface area contributed by atoms with Gasteiger partial charge in [-0.05, 0) is 46.3 Å². The molecule has 0 amide bonds. The highest BCUT2D eigenvalue weighted by Crippen LogP contribution is 2.28. The lowest BCUT2D eigenvalue weighted by Crippen LogP contribution is -2.46. The van der Waals surface area contributed by atoms with Gasteiger partial charge in [0.25, 0.3) is 0 Å². The van der Waals surface area contributed by atoms with Crippen molar-refractivity contribution in [2.24, 2.45) is 0 Å². The van der Waals surface area contributed by atoms with Gasteiger partial charge in [0.2, 0.25) is 0 Å². The van der Waals surface area contributed by atoms with Crippen molar-refractivity contribution in [3.63, 3.8) is 0 Å². The van der Waals surface area contributed by atoms with Crippen LogP contribution in [0.5, 0.6) is 5.75 Å². The summed E-state index contributed by atoms with van der Waals surface area (Å²) in [7, 11) is 2.14. The van der Waals surface area contributed by atoms with Gasteiger partial charge < -0.3 is 15.0 Å². The SMILES string of the molecule is CC(NC1CCN(C)C(C)C1)c1ccccc1OC(F)F. The van der Waals surface area contributed by atoms with Crippen molar-refractivity contribution in [1.29, 1.82) is 0 Å². The number of likely N-dealkylation sites (tertiary alicyclic amines) is 1. The molecule has 118 valence electrons. The van der Waals surface area contributed by atoms with Crippen LogP contribution >= 0.6 is 0 Å². The predicted octanol–water partition coefficient (Wildman–Crippen LogP) is 3.42. The van der Waals surface area contributed by atoms with Crippen LogP contribution in [0.25, 0.3) is 0 Å². The predicted molar refractivity (Wildman–Crippen MR) is 79.7 cm³/mol. The Morgan fingerprint density at radius 1 is 1.33 bits per heavy atom. The van der Waals surface area contributed by atoms with Crippen molar-refractivity contribution in [2.75, 3.05) is 13.6 Å². The maximum absolute atomic E-state index is 12.5. The number of ether oxygens (including phenoxy) is 1. The van der Waals surface area contributed by atoms with E-state index in [1.165, 1.54) is 0 Å². The summed E-state index contributed by atoms with van der Waals surface area (Å²) in [6.07, 6.45) is 2.14. The molecule has 5 heteroatoms. The number of hydrogen-bond acceptors (Lipinski definition) is 3. The molecule has 0 bridgehead atoms. The van der Waals surface area contributed by atoms with Gasteiger partial charge >= 0.3 is 6.61 Å². The Bertz CT molecular complexity index is 456. The lowest BCUT2D eigenvalue weighted by Gasteiger charge is -2.37. The zero-order chi connectivity index (χ0) is 15.4. The number of nitrogens with one attached hydrogen (secondary N) is 1. The molecule has 1 saturated heterocycles. The summed E-state index contributed by atoms with van der Waals surface area (Å²) in [4.78, 5) is 2.34. The molecule has 2 rings (SSSR count). The summed E-state index contributed by atoms with van der Waals surface area (Å²) in [5.74, 6) is 0.258. The first-order chi connectivity index (χ1) is 9.97. The second-order valence-electron chi connectivity index (χ2n) is 5.86. The lowest BCUT2D eigenvalue weighted by atomic mass is 9.97. The number of alkyl halides is 2. The topological polar surface area (TPSA) is 24.5 Å². The standard InChI is InChI=1S/C16H24F2N2O/c1-11-10-13(8-9-20(11)3)19-12(2)14-6-4-5-7-15(14)21-16(17)18/h4-7,11-13,16,19H,8-10H2,1-3H3. The fourth-order valence-electron chi connectivity index (χ4n) is 2.93. The van der Waals surface area contributed by atoms with Crippen LogP contribution in [0.4, 0.5) is 8.78 Å². The molecule has 3 atom stereocenters. The van der Waals surface area contributed by atoms with E-state index in [-0.39, 0.29) is 11.8 Å². The molecule has 3 unspecified atom stereocenters. The number of piperidine rings is 1. The zero-order valence-corrected chi connectivity index (χ0v) is 12.9. The van der Waals surface area contributed by atoms with Gasteiger partial charge in [0.05, 0.1) is 0 Å². The lowest BCUT2D eigenvalue weighted by molar-refractivity contribution is -0.0507. The van der Waals surface area contributed by atoms with Crippen LogP contribution < -0.4 is 10.1 Å². The van der Waals surface area contributed by atoms with Crippen molar-refractivity contribution in [3.8, 4) is 5.75 Å². The fraction of sp³-hybridized carbons (Fsp3) is 0.625. The Morgan fingerprint density at radius 3 is 2.71 bits per heavy atom. The van der Waals surface area contributed by atoms with E-state index in [4.69, 9.17) is 0 Å². The van der Waals surface area contributed by atoms with Crippen LogP contribution in [0.2, 0.25) is 0 Å². The van der Waals surface area contributed by atoms with E-state index in [0.717, 1.165) is 24.9 Å². The van der Waals surface area contributed by atoms with Crippen LogP contribution in [-0.4, -0.2) is 37.2 Å². The third-order valence-electron chi connectivity index (χ3n) is 4.30. The van der Waals surface area contributed by atoms with Gasteiger partial charge in [0.15, 0.2) is 0 Å². The van der Waals surface area contributed by atoms with Crippen LogP contribution in [0, 0.1) is 0 Å². The first-order valence-electron chi connectivity index (χ1n) is 7.47. The molecule has 3 nitrogen and oxygen atoms in total. The van der Waals surface area contributed by atoms with E-state index in [2.05, 4.69) is 28.9 Å². The van der Waals surface area contributed by atoms with Crippen molar-refractivity contribution >= 4 is 0 Å². The molecule has 21 heavy (non-hydrogen) atoms. The first kappa shape index (κ1) is 16.2. The van der Waals surface area contributed by atoms with Crippen LogP contribution in [0.1, 0.15) is 38.3 Å². The van der Waals surface area contributed by atoms with Crippen molar-refractivity contribution in [1.82, 2.24) is 10.2 Å². The number of rotatable bonds is 5. The second kappa shape index (κ2) is 7.18. The molecule has 0 aliphatic carbocycles. The molecule has 1 fully saturated rings. The highest BCUT2D eigenvalue weighted by molar-refractivity contribution is 5.35. The minimum absolute atomic E-state index is 0.0134. The number of nitrogens with zero attached hydrogens (tertiary/aromatic N) is 1. The summed E-state index contributed by atoms with van der Waals surface area (Å²) in [6.45, 7) is 2.48. The number of para-hydroxylation sites is 1. The Balaban J connectivity index is 2.01. The zero-order valence-electron chi connectivity index (χ0n) is 12.9. The molecule has 0 spiro atoms. The van der Waals surface area contributed by atoms with Crippen LogP contribution in [0.15, 0.2) is 24.3 Å². The molecular formula is C16H24F2N2O. The summed E-state index contributed by atoms with van der Waals surface area (Å²) in [6, 6.07) is 7.93. The van der Waals surface area contributed by atoms with Crippen molar-refractivity contribution in [3.05, 3.63) is 29.8 Å². The molecule has 0 aromatic heterocycles. The molecule has 1 aliphatic heterocycles. The van der Waals surface area contributed by atoms with E-state index in [1.54, 1.807) is 12.1 Å². The van der Waals surface area contributed by atoms with Crippen LogP contribution in [-0.2, 0) is 0 Å². The van der Waals surface area contributed by atoms with Gasteiger partial charge in [-0.3, -0.25) is 0 Å². The minimum atomic E-state index is -2.79. The first-order valence-corrected chi connectivity index (χ1v) is 7.47. The summed E-state index contributed by atoms with van der Waals surface area (Å²) in [5, 5.41) is 3.55. The fourth-order valence-corrected chi connectivity index (χ4v) is 2.93. The molecule has 1 N–H and O–H groups in total. The van der Waals surface area contributed by atoms with Crippen molar-refractivity contribution < 1.29 is 13.5 Å². The quantitative estimate of drug-likeness (QED) is 0.901.